The molecule has 0 atom stereocenters. The van der Waals surface area contributed by atoms with Crippen molar-refractivity contribution in [3.05, 3.63) is 57.6 Å². The number of carbonyl (C=O) groups is 2. The number of halogens is 2. The van der Waals surface area contributed by atoms with Crippen LogP contribution in [0.5, 0.6) is 11.5 Å². The number of carbonyl (C=O) groups excluding carboxylic acids is 2. The normalized spacial score (nSPS) is 10.2. The molecular weight excluding hydrogens is 391 g/mol. The number of ether oxygens (including phenoxy) is 2. The van der Waals surface area contributed by atoms with Crippen LogP contribution in [0.25, 0.3) is 0 Å². The number of hydrogen-bond acceptors (Lipinski definition) is 4. The Morgan fingerprint density at radius 1 is 1.04 bits per heavy atom. The summed E-state index contributed by atoms with van der Waals surface area (Å²) >= 11 is 11.9. The monoisotopic (exact) mass is 410 g/mol. The predicted molar refractivity (Wildman–Crippen MR) is 105 cm³/mol. The molecular formula is C19H20Cl2N2O4. The Morgan fingerprint density at radius 3 is 2.48 bits per heavy atom. The lowest BCUT2D eigenvalue weighted by molar-refractivity contribution is -0.121. The molecule has 0 saturated carbocycles. The summed E-state index contributed by atoms with van der Waals surface area (Å²) in [6, 6.07) is 9.64. The van der Waals surface area contributed by atoms with Gasteiger partial charge in [-0.25, -0.2) is 0 Å². The van der Waals surface area contributed by atoms with E-state index < -0.39 is 11.8 Å². The van der Waals surface area contributed by atoms with Crippen molar-refractivity contribution in [1.82, 2.24) is 10.9 Å². The van der Waals surface area contributed by atoms with Gasteiger partial charge >= 0.3 is 0 Å². The average molecular weight is 411 g/mol. The third-order valence-electron chi connectivity index (χ3n) is 3.57. The molecule has 2 aromatic rings. The van der Waals surface area contributed by atoms with Crippen molar-refractivity contribution < 1.29 is 19.1 Å². The van der Waals surface area contributed by atoms with Crippen LogP contribution >= 0.6 is 23.2 Å². The van der Waals surface area contributed by atoms with Crippen molar-refractivity contribution in [3.8, 4) is 11.5 Å². The van der Waals surface area contributed by atoms with E-state index in [0.717, 1.165) is 6.42 Å². The number of rotatable bonds is 7. The van der Waals surface area contributed by atoms with Gasteiger partial charge in [-0.15, -0.1) is 0 Å². The van der Waals surface area contributed by atoms with Gasteiger partial charge in [0.05, 0.1) is 20.1 Å². The number of methoxy groups -OCH3 is 1. The molecule has 0 radical (unpaired) electrons. The molecule has 27 heavy (non-hydrogen) atoms. The quantitative estimate of drug-likeness (QED) is 0.680. The van der Waals surface area contributed by atoms with Crippen molar-refractivity contribution in [2.24, 2.45) is 0 Å². The van der Waals surface area contributed by atoms with E-state index in [1.807, 2.05) is 6.92 Å². The van der Waals surface area contributed by atoms with Gasteiger partial charge in [-0.05, 0) is 42.3 Å². The maximum Gasteiger partial charge on any atom is 0.269 e. The molecule has 0 aromatic heterocycles. The van der Waals surface area contributed by atoms with Crippen molar-refractivity contribution in [1.29, 1.82) is 0 Å². The van der Waals surface area contributed by atoms with Gasteiger partial charge in [0.2, 0.25) is 5.91 Å². The smallest absolute Gasteiger partial charge is 0.269 e. The molecule has 0 aliphatic rings. The first-order chi connectivity index (χ1) is 12.9. The topological polar surface area (TPSA) is 76.7 Å². The first-order valence-corrected chi connectivity index (χ1v) is 9.04. The minimum atomic E-state index is -0.481. The van der Waals surface area contributed by atoms with Gasteiger partial charge in [-0.1, -0.05) is 36.2 Å². The zero-order valence-corrected chi connectivity index (χ0v) is 16.5. The second kappa shape index (κ2) is 10.0. The van der Waals surface area contributed by atoms with Crippen LogP contribution in [-0.4, -0.2) is 25.5 Å². The van der Waals surface area contributed by atoms with Gasteiger partial charge in [-0.3, -0.25) is 20.4 Å². The minimum Gasteiger partial charge on any atom is -0.493 e. The van der Waals surface area contributed by atoms with Gasteiger partial charge in [0.15, 0.2) is 11.5 Å². The molecule has 0 heterocycles. The molecule has 0 bridgehead atoms. The summed E-state index contributed by atoms with van der Waals surface area (Å²) in [5.74, 6) is 0.0982. The zero-order valence-electron chi connectivity index (χ0n) is 15.0. The molecule has 6 nitrogen and oxygen atoms in total. The van der Waals surface area contributed by atoms with Gasteiger partial charge in [0, 0.05) is 15.6 Å². The van der Waals surface area contributed by atoms with E-state index in [4.69, 9.17) is 32.7 Å². The molecule has 0 aliphatic heterocycles. The Kier molecular flexibility index (Phi) is 7.76. The van der Waals surface area contributed by atoms with Gasteiger partial charge in [-0.2, -0.15) is 0 Å². The maximum atomic E-state index is 12.2. The summed E-state index contributed by atoms with van der Waals surface area (Å²) in [7, 11) is 1.49. The van der Waals surface area contributed by atoms with Gasteiger partial charge in [0.1, 0.15) is 0 Å². The molecule has 2 N–H and O–H groups in total. The van der Waals surface area contributed by atoms with Crippen LogP contribution in [0.2, 0.25) is 10.0 Å². The minimum absolute atomic E-state index is 0.00337. The van der Waals surface area contributed by atoms with Crippen LogP contribution in [0.3, 0.4) is 0 Å². The molecule has 2 rings (SSSR count). The Bertz CT molecular complexity index is 827. The lowest BCUT2D eigenvalue weighted by Crippen LogP contribution is -2.42. The van der Waals surface area contributed by atoms with Crippen LogP contribution in [0.15, 0.2) is 36.4 Å². The van der Waals surface area contributed by atoms with E-state index in [-0.39, 0.29) is 6.42 Å². The van der Waals surface area contributed by atoms with E-state index >= 15 is 0 Å². The van der Waals surface area contributed by atoms with Crippen molar-refractivity contribution >= 4 is 35.0 Å². The molecule has 8 heteroatoms. The predicted octanol–water partition coefficient (Wildman–Crippen LogP) is 3.79. The van der Waals surface area contributed by atoms with Crippen molar-refractivity contribution in [3.63, 3.8) is 0 Å². The Balaban J connectivity index is 1.95. The number of nitrogens with one attached hydrogen (secondary N) is 2. The van der Waals surface area contributed by atoms with Gasteiger partial charge in [0.25, 0.3) is 5.91 Å². The summed E-state index contributed by atoms with van der Waals surface area (Å²) in [6.07, 6.45) is 0.860. The first-order valence-electron chi connectivity index (χ1n) is 8.28. The number of hydrazine groups is 1. The first kappa shape index (κ1) is 20.9. The van der Waals surface area contributed by atoms with E-state index in [1.54, 1.807) is 36.4 Å². The molecule has 0 aliphatic carbocycles. The van der Waals surface area contributed by atoms with Crippen molar-refractivity contribution in [2.45, 2.75) is 19.8 Å². The van der Waals surface area contributed by atoms with Crippen LogP contribution in [0, 0.1) is 0 Å². The maximum absolute atomic E-state index is 12.2. The Hall–Kier alpha value is -2.44. The standard InChI is InChI=1S/C19H20Cl2N2O4/c1-3-8-27-16-7-5-13(9-17(16)26-2)19(25)23-22-18(24)10-12-4-6-14(20)11-15(12)21/h4-7,9,11H,3,8,10H2,1-2H3,(H,22,24)(H,23,25). The lowest BCUT2D eigenvalue weighted by atomic mass is 10.1. The largest absolute Gasteiger partial charge is 0.493 e. The summed E-state index contributed by atoms with van der Waals surface area (Å²) in [6.45, 7) is 2.54. The van der Waals surface area contributed by atoms with E-state index in [1.165, 1.54) is 7.11 Å². The highest BCUT2D eigenvalue weighted by Gasteiger charge is 2.13. The average Bonchev–Trinajstić information content (AvgIpc) is 2.66. The molecule has 2 aromatic carbocycles. The van der Waals surface area contributed by atoms with E-state index in [9.17, 15) is 9.59 Å². The zero-order chi connectivity index (χ0) is 19.8. The third-order valence-corrected chi connectivity index (χ3v) is 4.16. The molecule has 144 valence electrons. The second-order valence-corrected chi connectivity index (χ2v) is 6.47. The summed E-state index contributed by atoms with van der Waals surface area (Å²) in [4.78, 5) is 24.3. The fourth-order valence-corrected chi connectivity index (χ4v) is 2.70. The molecule has 0 saturated heterocycles. The SMILES string of the molecule is CCCOc1ccc(C(=O)NNC(=O)Cc2ccc(Cl)cc2Cl)cc1OC. The number of hydrogen-bond donors (Lipinski definition) is 2. The van der Waals surface area contributed by atoms with Crippen LogP contribution in [0.1, 0.15) is 29.3 Å². The molecule has 2 amide bonds. The summed E-state index contributed by atoms with van der Waals surface area (Å²) < 4.78 is 10.8. The van der Waals surface area contributed by atoms with Crippen LogP contribution in [0.4, 0.5) is 0 Å². The molecule has 0 unspecified atom stereocenters. The summed E-state index contributed by atoms with van der Waals surface area (Å²) in [5.41, 5.74) is 5.64. The third kappa shape index (κ3) is 6.05. The van der Waals surface area contributed by atoms with Gasteiger partial charge < -0.3 is 9.47 Å². The Labute approximate surface area is 167 Å². The lowest BCUT2D eigenvalue weighted by Gasteiger charge is -2.12. The number of benzene rings is 2. The highest BCUT2D eigenvalue weighted by atomic mass is 35.5. The van der Waals surface area contributed by atoms with Crippen molar-refractivity contribution in [2.75, 3.05) is 13.7 Å². The molecule has 0 fully saturated rings. The second-order valence-electron chi connectivity index (χ2n) is 5.63. The fraction of sp³-hybridized carbons (Fsp3) is 0.263. The Morgan fingerprint density at radius 2 is 1.81 bits per heavy atom. The summed E-state index contributed by atoms with van der Waals surface area (Å²) in [5, 5.41) is 0.870. The van der Waals surface area contributed by atoms with Crippen LogP contribution in [-0.2, 0) is 11.2 Å². The molecule has 0 spiro atoms. The number of amides is 2. The van der Waals surface area contributed by atoms with E-state index in [0.29, 0.717) is 39.3 Å². The highest BCUT2D eigenvalue weighted by molar-refractivity contribution is 6.35. The fourth-order valence-electron chi connectivity index (χ4n) is 2.22. The highest BCUT2D eigenvalue weighted by Crippen LogP contribution is 2.28. The van der Waals surface area contributed by atoms with Crippen LogP contribution < -0.4 is 20.3 Å². The van der Waals surface area contributed by atoms with E-state index in [2.05, 4.69) is 10.9 Å².